The molecular formula is C25H21F3N6O2. The molecule has 36 heavy (non-hydrogen) atoms. The molecule has 0 aliphatic heterocycles. The third-order valence-electron chi connectivity index (χ3n) is 5.31. The number of carbonyl (C=O) groups excluding carboxylic acids is 2. The van der Waals surface area contributed by atoms with Crippen molar-refractivity contribution in [2.45, 2.75) is 12.6 Å². The van der Waals surface area contributed by atoms with Crippen molar-refractivity contribution in [3.8, 4) is 22.5 Å². The van der Waals surface area contributed by atoms with Crippen molar-refractivity contribution in [3.05, 3.63) is 83.9 Å². The fourth-order valence-electron chi connectivity index (χ4n) is 3.54. The van der Waals surface area contributed by atoms with Crippen molar-refractivity contribution in [2.24, 2.45) is 7.05 Å². The number of hydrogen-bond acceptors (Lipinski definition) is 5. The first-order valence-corrected chi connectivity index (χ1v) is 10.8. The summed E-state index contributed by atoms with van der Waals surface area (Å²) in [5, 5.41) is 9.26. The summed E-state index contributed by atoms with van der Waals surface area (Å²) in [6, 6.07) is 13.5. The lowest BCUT2D eigenvalue weighted by molar-refractivity contribution is -0.137. The number of anilines is 1. The van der Waals surface area contributed by atoms with Crippen LogP contribution in [0.3, 0.4) is 0 Å². The zero-order valence-corrected chi connectivity index (χ0v) is 19.3. The molecule has 0 spiro atoms. The Morgan fingerprint density at radius 1 is 1.06 bits per heavy atom. The van der Waals surface area contributed by atoms with E-state index in [9.17, 15) is 22.8 Å². The molecule has 2 heterocycles. The second-order valence-electron chi connectivity index (χ2n) is 7.85. The number of carbonyl (C=O) groups is 2. The zero-order chi connectivity index (χ0) is 25.9. The SMILES string of the molecule is CNC(=O)Cc1ncc(NC(=O)c2ccc(C(F)(F)F)c(-c3ccn(C)n3)c2)c(-c2ccccc2)n1. The Bertz CT molecular complexity index is 1420. The normalized spacial score (nSPS) is 11.2. The standard InChI is InChI=1S/C25H21F3N6O2/c1-29-22(35)13-21-30-14-20(23(32-21)15-6-4-3-5-7-15)31-24(36)16-8-9-18(25(26,27)28)17(12-16)19-10-11-34(2)33-19/h3-12,14H,13H2,1-2H3,(H,29,35)(H,31,36). The summed E-state index contributed by atoms with van der Waals surface area (Å²) in [6.07, 6.45) is -1.80. The molecule has 8 nitrogen and oxygen atoms in total. The van der Waals surface area contributed by atoms with Crippen LogP contribution in [-0.4, -0.2) is 38.6 Å². The van der Waals surface area contributed by atoms with Gasteiger partial charge in [0.1, 0.15) is 5.82 Å². The van der Waals surface area contributed by atoms with Gasteiger partial charge < -0.3 is 10.6 Å². The molecule has 4 aromatic rings. The Kier molecular flexibility index (Phi) is 6.82. The summed E-state index contributed by atoms with van der Waals surface area (Å²) in [7, 11) is 3.09. The molecular weight excluding hydrogens is 473 g/mol. The second kappa shape index (κ2) is 9.98. The number of likely N-dealkylation sites (N-methyl/N-ethyl adjacent to an activating group) is 1. The van der Waals surface area contributed by atoms with Gasteiger partial charge in [-0.25, -0.2) is 9.97 Å². The molecule has 0 fully saturated rings. The van der Waals surface area contributed by atoms with Crippen molar-refractivity contribution in [1.82, 2.24) is 25.1 Å². The highest BCUT2D eigenvalue weighted by Crippen LogP contribution is 2.37. The predicted molar refractivity (Wildman–Crippen MR) is 127 cm³/mol. The molecule has 184 valence electrons. The van der Waals surface area contributed by atoms with E-state index in [-0.39, 0.29) is 40.7 Å². The van der Waals surface area contributed by atoms with Crippen LogP contribution >= 0.6 is 0 Å². The fourth-order valence-corrected chi connectivity index (χ4v) is 3.54. The van der Waals surface area contributed by atoms with E-state index in [1.54, 1.807) is 31.3 Å². The van der Waals surface area contributed by atoms with E-state index in [1.165, 1.54) is 30.2 Å². The number of alkyl halides is 3. The van der Waals surface area contributed by atoms with Gasteiger partial charge in [0.25, 0.3) is 5.91 Å². The van der Waals surface area contributed by atoms with Gasteiger partial charge in [0, 0.05) is 37.0 Å². The number of nitrogens with one attached hydrogen (secondary N) is 2. The first kappa shape index (κ1) is 24.6. The maximum absolute atomic E-state index is 13.6. The highest BCUT2D eigenvalue weighted by atomic mass is 19.4. The maximum Gasteiger partial charge on any atom is 0.417 e. The topological polar surface area (TPSA) is 102 Å². The Balaban J connectivity index is 1.71. The van der Waals surface area contributed by atoms with Crippen LogP contribution in [-0.2, 0) is 24.4 Å². The van der Waals surface area contributed by atoms with E-state index in [2.05, 4.69) is 25.7 Å². The lowest BCUT2D eigenvalue weighted by Gasteiger charge is -2.15. The Hall–Kier alpha value is -4.54. The van der Waals surface area contributed by atoms with Crippen molar-refractivity contribution in [3.63, 3.8) is 0 Å². The van der Waals surface area contributed by atoms with Crippen molar-refractivity contribution >= 4 is 17.5 Å². The zero-order valence-electron chi connectivity index (χ0n) is 19.3. The predicted octanol–water partition coefficient (Wildman–Crippen LogP) is 4.10. The summed E-state index contributed by atoms with van der Waals surface area (Å²) < 4.78 is 42.3. The average Bonchev–Trinajstić information content (AvgIpc) is 3.30. The monoisotopic (exact) mass is 494 g/mol. The van der Waals surface area contributed by atoms with Crippen molar-refractivity contribution < 1.29 is 22.8 Å². The number of amides is 2. The lowest BCUT2D eigenvalue weighted by Crippen LogP contribution is -2.21. The number of benzene rings is 2. The molecule has 2 aromatic carbocycles. The summed E-state index contributed by atoms with van der Waals surface area (Å²) in [4.78, 5) is 33.5. The van der Waals surface area contributed by atoms with Gasteiger partial charge in [0.15, 0.2) is 0 Å². The number of aromatic nitrogens is 4. The van der Waals surface area contributed by atoms with Gasteiger partial charge in [0.05, 0.1) is 35.3 Å². The van der Waals surface area contributed by atoms with Gasteiger partial charge in [-0.05, 0) is 24.3 Å². The minimum atomic E-state index is -4.63. The molecule has 11 heteroatoms. The van der Waals surface area contributed by atoms with Gasteiger partial charge >= 0.3 is 6.18 Å². The molecule has 2 N–H and O–H groups in total. The Morgan fingerprint density at radius 3 is 2.44 bits per heavy atom. The third-order valence-corrected chi connectivity index (χ3v) is 5.31. The van der Waals surface area contributed by atoms with Crippen LogP contribution in [0, 0.1) is 0 Å². The largest absolute Gasteiger partial charge is 0.417 e. The second-order valence-corrected chi connectivity index (χ2v) is 7.85. The Morgan fingerprint density at radius 2 is 1.81 bits per heavy atom. The number of rotatable bonds is 6. The van der Waals surface area contributed by atoms with Crippen LogP contribution in [0.1, 0.15) is 21.7 Å². The van der Waals surface area contributed by atoms with Crippen LogP contribution in [0.25, 0.3) is 22.5 Å². The van der Waals surface area contributed by atoms with Crippen molar-refractivity contribution in [1.29, 1.82) is 0 Å². The van der Waals surface area contributed by atoms with Gasteiger partial charge in [-0.15, -0.1) is 0 Å². The van der Waals surface area contributed by atoms with E-state index >= 15 is 0 Å². The number of halogens is 3. The molecule has 2 aromatic heterocycles. The molecule has 0 saturated carbocycles. The van der Waals surface area contributed by atoms with Crippen molar-refractivity contribution in [2.75, 3.05) is 12.4 Å². The first-order chi connectivity index (χ1) is 17.2. The van der Waals surface area contributed by atoms with Gasteiger partial charge in [0.2, 0.25) is 5.91 Å². The van der Waals surface area contributed by atoms with Crippen LogP contribution in [0.15, 0.2) is 67.0 Å². The summed E-state index contributed by atoms with van der Waals surface area (Å²) in [5.74, 6) is -0.684. The third kappa shape index (κ3) is 5.40. The van der Waals surface area contributed by atoms with E-state index in [0.717, 1.165) is 18.2 Å². The van der Waals surface area contributed by atoms with E-state index in [1.807, 2.05) is 6.07 Å². The molecule has 0 aliphatic rings. The molecule has 0 unspecified atom stereocenters. The minimum Gasteiger partial charge on any atom is -0.359 e. The van der Waals surface area contributed by atoms with Gasteiger partial charge in [-0.2, -0.15) is 18.3 Å². The smallest absolute Gasteiger partial charge is 0.359 e. The van der Waals surface area contributed by atoms with Gasteiger partial charge in [-0.3, -0.25) is 14.3 Å². The molecule has 2 amide bonds. The lowest BCUT2D eigenvalue weighted by atomic mass is 10.0. The first-order valence-electron chi connectivity index (χ1n) is 10.8. The van der Waals surface area contributed by atoms with Crippen LogP contribution in [0.2, 0.25) is 0 Å². The summed E-state index contributed by atoms with van der Waals surface area (Å²) >= 11 is 0. The van der Waals surface area contributed by atoms with E-state index in [0.29, 0.717) is 11.3 Å². The summed E-state index contributed by atoms with van der Waals surface area (Å²) in [6.45, 7) is 0. The Labute approximate surface area is 204 Å². The fraction of sp³-hybridized carbons (Fsp3) is 0.160. The van der Waals surface area contributed by atoms with Gasteiger partial charge in [-0.1, -0.05) is 30.3 Å². The highest BCUT2D eigenvalue weighted by Gasteiger charge is 2.34. The molecule has 4 rings (SSSR count). The van der Waals surface area contributed by atoms with E-state index < -0.39 is 17.6 Å². The van der Waals surface area contributed by atoms with Crippen LogP contribution in [0.5, 0.6) is 0 Å². The molecule has 0 aliphatic carbocycles. The average molecular weight is 494 g/mol. The van der Waals surface area contributed by atoms with Crippen LogP contribution < -0.4 is 10.6 Å². The number of nitrogens with zero attached hydrogens (tertiary/aromatic N) is 4. The molecule has 0 radical (unpaired) electrons. The minimum absolute atomic E-state index is 0.00268. The molecule has 0 atom stereocenters. The van der Waals surface area contributed by atoms with Crippen LogP contribution in [0.4, 0.5) is 18.9 Å². The number of hydrogen-bond donors (Lipinski definition) is 2. The number of aryl methyl sites for hydroxylation is 1. The quantitative estimate of drug-likeness (QED) is 0.420. The highest BCUT2D eigenvalue weighted by molar-refractivity contribution is 6.06. The molecule has 0 bridgehead atoms. The molecule has 0 saturated heterocycles. The van der Waals surface area contributed by atoms with E-state index in [4.69, 9.17) is 0 Å². The summed E-state index contributed by atoms with van der Waals surface area (Å²) in [5.41, 5.74) is 0.250. The maximum atomic E-state index is 13.6.